The molecule has 0 aromatic heterocycles. The number of nitrogens with two attached hydrogens (primary N) is 1. The van der Waals surface area contributed by atoms with Gasteiger partial charge in [-0.15, -0.1) is 0 Å². The van der Waals surface area contributed by atoms with Crippen LogP contribution in [-0.2, 0) is 10.3 Å². The molecule has 108 valence electrons. The molecule has 1 aromatic rings. The van der Waals surface area contributed by atoms with Crippen LogP contribution in [0.4, 0.5) is 8.78 Å². The number of fused-ring (bicyclic) bond motifs is 1. The van der Waals surface area contributed by atoms with E-state index in [2.05, 4.69) is 20.7 Å². The number of hydrogen-bond donors (Lipinski definition) is 1. The standard InChI is InChI=1S/C13H13BrF2N2O2/c14-9-1-2-11-10(7-9)12(18,3-5-20-11)13(15,16)8-19-6-4-17/h1-2,7H,3,5-6,8,18H2/t12-/m0/s1. The van der Waals surface area contributed by atoms with Gasteiger partial charge in [0.1, 0.15) is 24.5 Å². The van der Waals surface area contributed by atoms with E-state index in [4.69, 9.17) is 15.7 Å². The fraction of sp³-hybridized carbons (Fsp3) is 0.462. The lowest BCUT2D eigenvalue weighted by Crippen LogP contribution is -2.57. The molecular formula is C13H13BrF2N2O2. The van der Waals surface area contributed by atoms with E-state index in [0.29, 0.717) is 10.2 Å². The van der Waals surface area contributed by atoms with Gasteiger partial charge in [0.2, 0.25) is 0 Å². The molecule has 0 fully saturated rings. The third-order valence-corrected chi connectivity index (χ3v) is 3.77. The summed E-state index contributed by atoms with van der Waals surface area (Å²) in [5, 5.41) is 8.35. The summed E-state index contributed by atoms with van der Waals surface area (Å²) in [5.41, 5.74) is 4.35. The van der Waals surface area contributed by atoms with Gasteiger partial charge in [0.25, 0.3) is 5.92 Å². The van der Waals surface area contributed by atoms with E-state index in [-0.39, 0.29) is 18.6 Å². The minimum Gasteiger partial charge on any atom is -0.493 e. The molecule has 1 aromatic carbocycles. The topological polar surface area (TPSA) is 68.3 Å². The summed E-state index contributed by atoms with van der Waals surface area (Å²) in [4.78, 5) is 0. The van der Waals surface area contributed by atoms with Gasteiger partial charge in [-0.1, -0.05) is 15.9 Å². The average Bonchev–Trinajstić information content (AvgIpc) is 2.40. The highest BCUT2D eigenvalue weighted by atomic mass is 79.9. The first-order valence-corrected chi connectivity index (χ1v) is 6.74. The Morgan fingerprint density at radius 1 is 1.55 bits per heavy atom. The van der Waals surface area contributed by atoms with Gasteiger partial charge in [-0.25, -0.2) is 8.78 Å². The Morgan fingerprint density at radius 3 is 3.00 bits per heavy atom. The van der Waals surface area contributed by atoms with Crippen molar-refractivity contribution in [1.82, 2.24) is 0 Å². The summed E-state index contributed by atoms with van der Waals surface area (Å²) < 4.78 is 39.5. The number of ether oxygens (including phenoxy) is 2. The van der Waals surface area contributed by atoms with Crippen molar-refractivity contribution in [1.29, 1.82) is 5.26 Å². The van der Waals surface area contributed by atoms with Gasteiger partial charge in [0.15, 0.2) is 0 Å². The number of halogens is 3. The average molecular weight is 347 g/mol. The Labute approximate surface area is 123 Å². The Kier molecular flexibility index (Phi) is 4.28. The highest BCUT2D eigenvalue weighted by molar-refractivity contribution is 9.10. The van der Waals surface area contributed by atoms with Crippen LogP contribution >= 0.6 is 15.9 Å². The Balaban J connectivity index is 2.36. The second-order valence-corrected chi connectivity index (χ2v) is 5.48. The lowest BCUT2D eigenvalue weighted by molar-refractivity contribution is -0.136. The van der Waals surface area contributed by atoms with Crippen LogP contribution in [0.25, 0.3) is 0 Å². The molecule has 2 N–H and O–H groups in total. The van der Waals surface area contributed by atoms with E-state index in [9.17, 15) is 8.78 Å². The third kappa shape index (κ3) is 2.64. The highest BCUT2D eigenvalue weighted by Gasteiger charge is 2.54. The fourth-order valence-electron chi connectivity index (χ4n) is 2.17. The number of benzene rings is 1. The molecule has 0 spiro atoms. The molecule has 1 atom stereocenters. The second-order valence-electron chi connectivity index (χ2n) is 4.57. The molecule has 2 rings (SSSR count). The first-order chi connectivity index (χ1) is 9.40. The molecule has 4 nitrogen and oxygen atoms in total. The number of alkyl halides is 2. The molecule has 0 aliphatic carbocycles. The molecule has 0 amide bonds. The molecular weight excluding hydrogens is 334 g/mol. The Morgan fingerprint density at radius 2 is 2.30 bits per heavy atom. The van der Waals surface area contributed by atoms with Gasteiger partial charge in [-0.05, 0) is 18.2 Å². The molecule has 1 aliphatic rings. The molecule has 20 heavy (non-hydrogen) atoms. The van der Waals surface area contributed by atoms with Crippen molar-refractivity contribution in [3.8, 4) is 11.8 Å². The van der Waals surface area contributed by atoms with Crippen molar-refractivity contribution >= 4 is 15.9 Å². The highest BCUT2D eigenvalue weighted by Crippen LogP contribution is 2.45. The molecule has 7 heteroatoms. The maximum Gasteiger partial charge on any atom is 0.292 e. The quantitative estimate of drug-likeness (QED) is 0.850. The fourth-order valence-corrected chi connectivity index (χ4v) is 2.53. The van der Waals surface area contributed by atoms with Crippen molar-refractivity contribution in [2.45, 2.75) is 17.9 Å². The lowest BCUT2D eigenvalue weighted by atomic mass is 9.80. The van der Waals surface area contributed by atoms with Crippen LogP contribution in [0.3, 0.4) is 0 Å². The zero-order valence-corrected chi connectivity index (χ0v) is 12.1. The normalized spacial score (nSPS) is 21.8. The Hall–Kier alpha value is -1.23. The van der Waals surface area contributed by atoms with Crippen LogP contribution in [0.1, 0.15) is 12.0 Å². The van der Waals surface area contributed by atoms with Crippen molar-refractivity contribution in [3.63, 3.8) is 0 Å². The molecule has 0 saturated heterocycles. The largest absolute Gasteiger partial charge is 0.493 e. The maximum absolute atomic E-state index is 14.4. The maximum atomic E-state index is 14.4. The Bertz CT molecular complexity index is 548. The predicted molar refractivity (Wildman–Crippen MR) is 71.5 cm³/mol. The van der Waals surface area contributed by atoms with Crippen LogP contribution in [0.5, 0.6) is 5.75 Å². The number of nitriles is 1. The summed E-state index contributed by atoms with van der Waals surface area (Å²) >= 11 is 3.24. The predicted octanol–water partition coefficient (Wildman–Crippen LogP) is 2.56. The van der Waals surface area contributed by atoms with E-state index >= 15 is 0 Å². The van der Waals surface area contributed by atoms with Crippen LogP contribution in [-0.4, -0.2) is 25.7 Å². The van der Waals surface area contributed by atoms with Crippen molar-refractivity contribution in [3.05, 3.63) is 28.2 Å². The zero-order chi connectivity index (χ0) is 14.8. The van der Waals surface area contributed by atoms with Crippen LogP contribution in [0.2, 0.25) is 0 Å². The smallest absolute Gasteiger partial charge is 0.292 e. The van der Waals surface area contributed by atoms with Gasteiger partial charge >= 0.3 is 0 Å². The second kappa shape index (κ2) is 5.64. The first-order valence-electron chi connectivity index (χ1n) is 5.95. The monoisotopic (exact) mass is 346 g/mol. The number of nitrogens with zero attached hydrogens (tertiary/aromatic N) is 1. The SMILES string of the molecule is N#CCOCC(F)(F)[C@]1(N)CCOc2ccc(Br)cc21. The summed E-state index contributed by atoms with van der Waals surface area (Å²) in [7, 11) is 0. The zero-order valence-electron chi connectivity index (χ0n) is 10.5. The van der Waals surface area contributed by atoms with Crippen molar-refractivity contribution < 1.29 is 18.3 Å². The van der Waals surface area contributed by atoms with E-state index in [1.165, 1.54) is 6.07 Å². The third-order valence-electron chi connectivity index (χ3n) is 3.28. The van der Waals surface area contributed by atoms with Gasteiger partial charge in [-0.3, -0.25) is 0 Å². The van der Waals surface area contributed by atoms with Crippen molar-refractivity contribution in [2.24, 2.45) is 5.73 Å². The van der Waals surface area contributed by atoms with E-state index in [0.717, 1.165) is 0 Å². The summed E-state index contributed by atoms with van der Waals surface area (Å²) in [6.07, 6.45) is -0.0284. The number of rotatable bonds is 4. The van der Waals surface area contributed by atoms with Crippen LogP contribution in [0.15, 0.2) is 22.7 Å². The molecule has 0 bridgehead atoms. The molecule has 0 saturated carbocycles. The molecule has 0 radical (unpaired) electrons. The summed E-state index contributed by atoms with van der Waals surface area (Å²) in [6, 6.07) is 6.50. The molecule has 0 unspecified atom stereocenters. The van der Waals surface area contributed by atoms with E-state index in [1.807, 2.05) is 0 Å². The van der Waals surface area contributed by atoms with Crippen LogP contribution in [0, 0.1) is 11.3 Å². The van der Waals surface area contributed by atoms with E-state index in [1.54, 1.807) is 18.2 Å². The minimum atomic E-state index is -3.30. The van der Waals surface area contributed by atoms with Gasteiger partial charge < -0.3 is 15.2 Å². The minimum absolute atomic E-state index is 0.0284. The van der Waals surface area contributed by atoms with Gasteiger partial charge in [0, 0.05) is 16.5 Å². The van der Waals surface area contributed by atoms with Gasteiger partial charge in [-0.2, -0.15) is 5.26 Å². The number of hydrogen-bond acceptors (Lipinski definition) is 4. The van der Waals surface area contributed by atoms with Crippen molar-refractivity contribution in [2.75, 3.05) is 19.8 Å². The first kappa shape index (κ1) is 15.2. The molecule has 1 aliphatic heterocycles. The van der Waals surface area contributed by atoms with E-state index < -0.39 is 24.7 Å². The summed E-state index contributed by atoms with van der Waals surface area (Å²) in [5.74, 6) is -2.95. The summed E-state index contributed by atoms with van der Waals surface area (Å²) in [6.45, 7) is -1.19. The molecule has 1 heterocycles. The van der Waals surface area contributed by atoms with Crippen LogP contribution < -0.4 is 10.5 Å². The lowest BCUT2D eigenvalue weighted by Gasteiger charge is -2.41. The van der Waals surface area contributed by atoms with Gasteiger partial charge in [0.05, 0.1) is 12.7 Å².